The second-order valence-electron chi connectivity index (χ2n) is 4.65. The number of aromatic nitrogens is 1. The highest BCUT2D eigenvalue weighted by molar-refractivity contribution is 5.96. The van der Waals surface area contributed by atoms with Gasteiger partial charge in [-0.05, 0) is 32.9 Å². The lowest BCUT2D eigenvalue weighted by atomic mass is 9.84. The van der Waals surface area contributed by atoms with Gasteiger partial charge in [0.2, 0.25) is 5.88 Å². The molecule has 1 atom stereocenters. The van der Waals surface area contributed by atoms with E-state index in [1.165, 1.54) is 6.92 Å². The summed E-state index contributed by atoms with van der Waals surface area (Å²) in [5.41, 5.74) is 7.85. The minimum atomic E-state index is -0.564. The molecule has 2 rings (SSSR count). The fourth-order valence-electron chi connectivity index (χ4n) is 2.36. The van der Waals surface area contributed by atoms with Crippen molar-refractivity contribution in [3.63, 3.8) is 0 Å². The molecule has 0 radical (unpaired) electrons. The van der Waals surface area contributed by atoms with Crippen LogP contribution in [0.15, 0.2) is 41.0 Å². The summed E-state index contributed by atoms with van der Waals surface area (Å²) in [6.45, 7) is 4.97. The minimum Gasteiger partial charge on any atom is -0.445 e. The summed E-state index contributed by atoms with van der Waals surface area (Å²) in [5.74, 6) is -0.271. The molecule has 0 amide bonds. The molecule has 5 heteroatoms. The molecule has 0 saturated carbocycles. The van der Waals surface area contributed by atoms with Gasteiger partial charge in [0.15, 0.2) is 5.78 Å². The number of ether oxygens (including phenoxy) is 1. The maximum Gasteiger partial charge on any atom is 0.205 e. The van der Waals surface area contributed by atoms with Crippen LogP contribution in [0.4, 0.5) is 0 Å². The lowest BCUT2D eigenvalue weighted by molar-refractivity contribution is -0.114. The van der Waals surface area contributed by atoms with E-state index in [0.29, 0.717) is 17.0 Å². The molecular weight excluding hydrogens is 254 g/mol. The molecule has 0 spiro atoms. The number of allylic oxidation sites excluding steroid dienone is 3. The fourth-order valence-corrected chi connectivity index (χ4v) is 2.36. The van der Waals surface area contributed by atoms with Gasteiger partial charge in [-0.1, -0.05) is 6.07 Å². The Morgan fingerprint density at radius 2 is 2.15 bits per heavy atom. The van der Waals surface area contributed by atoms with Crippen molar-refractivity contribution in [2.45, 2.75) is 26.7 Å². The first-order chi connectivity index (χ1) is 9.45. The molecule has 0 fully saturated rings. The molecule has 102 valence electrons. The van der Waals surface area contributed by atoms with Gasteiger partial charge in [0, 0.05) is 11.3 Å². The molecule has 1 aromatic heterocycles. The Labute approximate surface area is 117 Å². The highest BCUT2D eigenvalue weighted by atomic mass is 16.5. The van der Waals surface area contributed by atoms with E-state index in [1.807, 2.05) is 25.1 Å². The van der Waals surface area contributed by atoms with Crippen LogP contribution in [0.25, 0.3) is 0 Å². The zero-order chi connectivity index (χ0) is 14.9. The van der Waals surface area contributed by atoms with Crippen molar-refractivity contribution in [3.8, 4) is 6.07 Å². The van der Waals surface area contributed by atoms with Crippen molar-refractivity contribution < 1.29 is 9.53 Å². The fraction of sp³-hybridized carbons (Fsp3) is 0.267. The predicted octanol–water partition coefficient (Wildman–Crippen LogP) is 2.06. The molecule has 1 aromatic rings. The van der Waals surface area contributed by atoms with Crippen molar-refractivity contribution in [3.05, 3.63) is 52.4 Å². The van der Waals surface area contributed by atoms with Crippen LogP contribution in [-0.4, -0.2) is 10.8 Å². The van der Waals surface area contributed by atoms with Crippen LogP contribution >= 0.6 is 0 Å². The number of carbonyl (C=O) groups is 1. The third-order valence-electron chi connectivity index (χ3n) is 3.19. The van der Waals surface area contributed by atoms with Gasteiger partial charge in [-0.2, -0.15) is 5.26 Å². The van der Waals surface area contributed by atoms with Crippen LogP contribution in [0.1, 0.15) is 31.2 Å². The largest absolute Gasteiger partial charge is 0.445 e. The number of hydrogen-bond donors (Lipinski definition) is 1. The van der Waals surface area contributed by atoms with Crippen molar-refractivity contribution in [1.29, 1.82) is 5.26 Å². The van der Waals surface area contributed by atoms with Crippen LogP contribution in [0, 0.1) is 18.3 Å². The average molecular weight is 269 g/mol. The third-order valence-corrected chi connectivity index (χ3v) is 3.19. The Bertz CT molecular complexity index is 681. The summed E-state index contributed by atoms with van der Waals surface area (Å²) >= 11 is 0. The molecule has 0 aliphatic carbocycles. The van der Waals surface area contributed by atoms with Crippen molar-refractivity contribution >= 4 is 5.78 Å². The van der Waals surface area contributed by atoms with Gasteiger partial charge in [-0.3, -0.25) is 9.78 Å². The molecular formula is C15H15N3O2. The molecule has 0 bridgehead atoms. The highest BCUT2D eigenvalue weighted by Gasteiger charge is 2.34. The maximum atomic E-state index is 11.9. The lowest BCUT2D eigenvalue weighted by Gasteiger charge is -2.26. The molecule has 2 N–H and O–H groups in total. The van der Waals surface area contributed by atoms with E-state index in [-0.39, 0.29) is 17.2 Å². The number of nitriles is 1. The van der Waals surface area contributed by atoms with E-state index in [4.69, 9.17) is 10.5 Å². The van der Waals surface area contributed by atoms with Crippen LogP contribution in [0.3, 0.4) is 0 Å². The summed E-state index contributed by atoms with van der Waals surface area (Å²) < 4.78 is 5.31. The Hall–Kier alpha value is -2.61. The number of ketones is 1. The predicted molar refractivity (Wildman–Crippen MR) is 73.0 cm³/mol. The van der Waals surface area contributed by atoms with E-state index in [1.54, 1.807) is 13.0 Å². The van der Waals surface area contributed by atoms with Crippen molar-refractivity contribution in [2.24, 2.45) is 5.73 Å². The van der Waals surface area contributed by atoms with E-state index in [2.05, 4.69) is 4.98 Å². The number of hydrogen-bond acceptors (Lipinski definition) is 5. The SMILES string of the molecule is CC(=O)C1=C(C)OC(N)=C(C#N)[C@H]1c1cccc(C)n1. The van der Waals surface area contributed by atoms with E-state index in [0.717, 1.165) is 5.69 Å². The van der Waals surface area contributed by atoms with Crippen LogP contribution in [0.2, 0.25) is 0 Å². The van der Waals surface area contributed by atoms with E-state index < -0.39 is 5.92 Å². The molecule has 2 heterocycles. The Morgan fingerprint density at radius 1 is 1.45 bits per heavy atom. The van der Waals surface area contributed by atoms with Gasteiger partial charge < -0.3 is 10.5 Å². The first-order valence-corrected chi connectivity index (χ1v) is 6.18. The second kappa shape index (κ2) is 5.17. The Kier molecular flexibility index (Phi) is 3.57. The Morgan fingerprint density at radius 3 is 2.70 bits per heavy atom. The standard InChI is InChI=1S/C15H15N3O2/c1-8-5-4-6-12(18-8)14-11(7-16)15(17)20-10(3)13(14)9(2)19/h4-6,14H,17H2,1-3H3/t14-/m0/s1. The molecule has 20 heavy (non-hydrogen) atoms. The van der Waals surface area contributed by atoms with Crippen LogP contribution in [-0.2, 0) is 9.53 Å². The summed E-state index contributed by atoms with van der Waals surface area (Å²) in [6.07, 6.45) is 0. The number of nitrogens with two attached hydrogens (primary N) is 1. The van der Waals surface area contributed by atoms with Crippen LogP contribution < -0.4 is 5.73 Å². The van der Waals surface area contributed by atoms with E-state index in [9.17, 15) is 10.1 Å². The zero-order valence-corrected chi connectivity index (χ0v) is 11.6. The van der Waals surface area contributed by atoms with Crippen molar-refractivity contribution in [2.75, 3.05) is 0 Å². The number of aryl methyl sites for hydroxylation is 1. The van der Waals surface area contributed by atoms with Gasteiger partial charge in [-0.15, -0.1) is 0 Å². The summed E-state index contributed by atoms with van der Waals surface area (Å²) in [5, 5.41) is 9.32. The maximum absolute atomic E-state index is 11.9. The van der Waals surface area contributed by atoms with Gasteiger partial charge in [0.1, 0.15) is 17.4 Å². The van der Waals surface area contributed by atoms with Crippen LogP contribution in [0.5, 0.6) is 0 Å². The molecule has 1 aliphatic rings. The number of carbonyl (C=O) groups excluding carboxylic acids is 1. The van der Waals surface area contributed by atoms with Gasteiger partial charge in [0.25, 0.3) is 0 Å². The normalized spacial score (nSPS) is 18.6. The van der Waals surface area contributed by atoms with Gasteiger partial charge >= 0.3 is 0 Å². The quantitative estimate of drug-likeness (QED) is 0.887. The minimum absolute atomic E-state index is 0.0308. The molecule has 0 saturated heterocycles. The summed E-state index contributed by atoms with van der Waals surface area (Å²) in [7, 11) is 0. The lowest BCUT2D eigenvalue weighted by Crippen LogP contribution is -2.24. The number of rotatable bonds is 2. The topological polar surface area (TPSA) is 89.0 Å². The monoisotopic (exact) mass is 269 g/mol. The average Bonchev–Trinajstić information content (AvgIpc) is 2.37. The first kappa shape index (κ1) is 13.8. The van der Waals surface area contributed by atoms with Gasteiger partial charge in [-0.25, -0.2) is 0 Å². The first-order valence-electron chi connectivity index (χ1n) is 6.18. The third kappa shape index (κ3) is 2.28. The molecule has 0 aromatic carbocycles. The summed E-state index contributed by atoms with van der Waals surface area (Å²) in [4.78, 5) is 16.3. The second-order valence-corrected chi connectivity index (χ2v) is 4.65. The molecule has 5 nitrogen and oxygen atoms in total. The number of nitrogens with zero attached hydrogens (tertiary/aromatic N) is 2. The van der Waals surface area contributed by atoms with Gasteiger partial charge in [0.05, 0.1) is 11.6 Å². The molecule has 1 aliphatic heterocycles. The smallest absolute Gasteiger partial charge is 0.205 e. The summed E-state index contributed by atoms with van der Waals surface area (Å²) in [6, 6.07) is 7.50. The van der Waals surface area contributed by atoms with E-state index >= 15 is 0 Å². The zero-order valence-electron chi connectivity index (χ0n) is 11.6. The Balaban J connectivity index is 2.67. The molecule has 0 unspecified atom stereocenters. The van der Waals surface area contributed by atoms with Crippen molar-refractivity contribution in [1.82, 2.24) is 4.98 Å². The highest BCUT2D eigenvalue weighted by Crippen LogP contribution is 2.38. The number of pyridine rings is 1. The number of Topliss-reactive ketones (excluding diaryl/α,β-unsaturated/α-hetero) is 1.